The molecule has 0 aromatic heterocycles. The number of nitrogens with two attached hydrogens (primary N) is 1. The number of alkyl halides is 3. The third-order valence-electron chi connectivity index (χ3n) is 2.69. The van der Waals surface area contributed by atoms with Crippen LogP contribution in [0.15, 0.2) is 29.3 Å². The van der Waals surface area contributed by atoms with Gasteiger partial charge in [-0.2, -0.15) is 13.2 Å². The van der Waals surface area contributed by atoms with E-state index in [0.29, 0.717) is 5.56 Å². The Morgan fingerprint density at radius 2 is 1.88 bits per heavy atom. The van der Waals surface area contributed by atoms with Gasteiger partial charge in [0.1, 0.15) is 12.1 Å². The van der Waals surface area contributed by atoms with E-state index in [2.05, 4.69) is 4.99 Å². The van der Waals surface area contributed by atoms with Crippen LogP contribution in [0.2, 0.25) is 0 Å². The fourth-order valence-corrected chi connectivity index (χ4v) is 1.69. The lowest BCUT2D eigenvalue weighted by molar-refractivity contribution is -0.137. The van der Waals surface area contributed by atoms with Gasteiger partial charge in [-0.15, -0.1) is 0 Å². The van der Waals surface area contributed by atoms with Gasteiger partial charge in [-0.05, 0) is 24.6 Å². The molecular weight excluding hydrogens is 233 g/mol. The van der Waals surface area contributed by atoms with E-state index in [-0.39, 0.29) is 12.6 Å². The van der Waals surface area contributed by atoms with Crippen LogP contribution in [0, 0.1) is 0 Å². The SMILES string of the molecule is C[C@@]1(c2ccc(C(F)(F)F)cc2)COC(N)=N1. The standard InChI is InChI=1S/C11H11F3N2O/c1-10(6-17-9(15)16-10)7-2-4-8(5-3-7)11(12,13)14/h2-5H,6H2,1H3,(H2,15,16)/t10-/m0/s1. The minimum absolute atomic E-state index is 0.0624. The molecule has 0 bridgehead atoms. The highest BCUT2D eigenvalue weighted by atomic mass is 19.4. The van der Waals surface area contributed by atoms with Crippen LogP contribution in [0.25, 0.3) is 0 Å². The number of hydrogen-bond donors (Lipinski definition) is 1. The first-order valence-corrected chi connectivity index (χ1v) is 4.97. The minimum Gasteiger partial charge on any atom is -0.462 e. The molecule has 0 saturated carbocycles. The first kappa shape index (κ1) is 11.8. The number of amidine groups is 1. The highest BCUT2D eigenvalue weighted by Crippen LogP contribution is 2.33. The summed E-state index contributed by atoms with van der Waals surface area (Å²) in [6.45, 7) is 2.00. The molecule has 0 saturated heterocycles. The average Bonchev–Trinajstić information content (AvgIpc) is 2.59. The molecule has 0 radical (unpaired) electrons. The van der Waals surface area contributed by atoms with Crippen molar-refractivity contribution in [2.24, 2.45) is 10.7 Å². The van der Waals surface area contributed by atoms with E-state index in [1.54, 1.807) is 6.92 Å². The van der Waals surface area contributed by atoms with Gasteiger partial charge in [0.15, 0.2) is 0 Å². The summed E-state index contributed by atoms with van der Waals surface area (Å²) in [5, 5.41) is 0. The van der Waals surface area contributed by atoms with Crippen LogP contribution in [0.5, 0.6) is 0 Å². The highest BCUT2D eigenvalue weighted by Gasteiger charge is 2.35. The Balaban J connectivity index is 2.31. The van der Waals surface area contributed by atoms with E-state index < -0.39 is 17.3 Å². The zero-order chi connectivity index (χ0) is 12.7. The molecule has 3 nitrogen and oxygen atoms in total. The molecule has 1 aliphatic heterocycles. The third-order valence-corrected chi connectivity index (χ3v) is 2.69. The molecule has 92 valence electrons. The van der Waals surface area contributed by atoms with Crippen molar-refractivity contribution in [2.45, 2.75) is 18.6 Å². The van der Waals surface area contributed by atoms with Gasteiger partial charge in [-0.25, -0.2) is 4.99 Å². The molecule has 0 unspecified atom stereocenters. The number of nitrogens with zero attached hydrogens (tertiary/aromatic N) is 1. The summed E-state index contributed by atoms with van der Waals surface area (Å²) in [5.41, 5.74) is 4.66. The second-order valence-electron chi connectivity index (χ2n) is 4.09. The maximum Gasteiger partial charge on any atom is 0.416 e. The van der Waals surface area contributed by atoms with Gasteiger partial charge in [0.05, 0.1) is 5.56 Å². The fourth-order valence-electron chi connectivity index (χ4n) is 1.69. The first-order chi connectivity index (χ1) is 7.81. The van der Waals surface area contributed by atoms with Crippen molar-refractivity contribution in [3.8, 4) is 0 Å². The molecule has 2 rings (SSSR count). The lowest BCUT2D eigenvalue weighted by Crippen LogP contribution is -2.20. The summed E-state index contributed by atoms with van der Waals surface area (Å²) in [5.74, 6) is 0. The van der Waals surface area contributed by atoms with Crippen molar-refractivity contribution in [1.29, 1.82) is 0 Å². The van der Waals surface area contributed by atoms with Gasteiger partial charge >= 0.3 is 6.18 Å². The second-order valence-corrected chi connectivity index (χ2v) is 4.09. The number of aliphatic imine (C=N–C) groups is 1. The zero-order valence-corrected chi connectivity index (χ0v) is 9.08. The Bertz CT molecular complexity index is 453. The Morgan fingerprint density at radius 3 is 2.29 bits per heavy atom. The van der Waals surface area contributed by atoms with Crippen LogP contribution in [-0.4, -0.2) is 12.6 Å². The van der Waals surface area contributed by atoms with Crippen LogP contribution in [0.4, 0.5) is 13.2 Å². The Labute approximate surface area is 96.1 Å². The van der Waals surface area contributed by atoms with Crippen molar-refractivity contribution in [3.05, 3.63) is 35.4 Å². The van der Waals surface area contributed by atoms with Crippen molar-refractivity contribution in [3.63, 3.8) is 0 Å². The zero-order valence-electron chi connectivity index (χ0n) is 9.08. The highest BCUT2D eigenvalue weighted by molar-refractivity contribution is 5.74. The maximum absolute atomic E-state index is 12.4. The first-order valence-electron chi connectivity index (χ1n) is 4.97. The van der Waals surface area contributed by atoms with Gasteiger partial charge in [-0.1, -0.05) is 12.1 Å². The van der Waals surface area contributed by atoms with Crippen LogP contribution in [0.3, 0.4) is 0 Å². The van der Waals surface area contributed by atoms with E-state index in [1.807, 2.05) is 0 Å². The number of halogens is 3. The van der Waals surface area contributed by atoms with Gasteiger partial charge in [0, 0.05) is 0 Å². The average molecular weight is 244 g/mol. The molecule has 1 heterocycles. The number of hydrogen-bond acceptors (Lipinski definition) is 3. The summed E-state index contributed by atoms with van der Waals surface area (Å²) < 4.78 is 42.2. The largest absolute Gasteiger partial charge is 0.462 e. The molecule has 0 spiro atoms. The van der Waals surface area contributed by atoms with Gasteiger partial charge in [0.2, 0.25) is 0 Å². The summed E-state index contributed by atoms with van der Waals surface area (Å²) in [6, 6.07) is 4.92. The predicted octanol–water partition coefficient (Wildman–Crippen LogP) is 2.27. The van der Waals surface area contributed by atoms with Crippen molar-refractivity contribution in [1.82, 2.24) is 0 Å². The van der Waals surface area contributed by atoms with Gasteiger partial charge < -0.3 is 10.5 Å². The maximum atomic E-state index is 12.4. The summed E-state index contributed by atoms with van der Waals surface area (Å²) >= 11 is 0. The molecular formula is C11H11F3N2O. The predicted molar refractivity (Wildman–Crippen MR) is 56.4 cm³/mol. The quantitative estimate of drug-likeness (QED) is 0.823. The summed E-state index contributed by atoms with van der Waals surface area (Å²) in [7, 11) is 0. The molecule has 0 amide bonds. The Kier molecular flexibility index (Phi) is 2.52. The van der Waals surface area contributed by atoms with E-state index in [1.165, 1.54) is 12.1 Å². The van der Waals surface area contributed by atoms with Crippen LogP contribution < -0.4 is 5.73 Å². The lowest BCUT2D eigenvalue weighted by atomic mass is 9.93. The van der Waals surface area contributed by atoms with Gasteiger partial charge in [0.25, 0.3) is 6.02 Å². The van der Waals surface area contributed by atoms with Gasteiger partial charge in [-0.3, -0.25) is 0 Å². The summed E-state index contributed by atoms with van der Waals surface area (Å²) in [6.07, 6.45) is -4.33. The molecule has 0 aliphatic carbocycles. The molecule has 1 aromatic rings. The molecule has 17 heavy (non-hydrogen) atoms. The molecule has 2 N–H and O–H groups in total. The van der Waals surface area contributed by atoms with Crippen molar-refractivity contribution < 1.29 is 17.9 Å². The van der Waals surface area contributed by atoms with E-state index in [0.717, 1.165) is 12.1 Å². The van der Waals surface area contributed by atoms with Crippen LogP contribution in [0.1, 0.15) is 18.1 Å². The monoisotopic (exact) mass is 244 g/mol. The summed E-state index contributed by atoms with van der Waals surface area (Å²) in [4.78, 5) is 4.07. The fraction of sp³-hybridized carbons (Fsp3) is 0.364. The molecule has 1 aromatic carbocycles. The number of benzene rings is 1. The number of ether oxygens (including phenoxy) is 1. The lowest BCUT2D eigenvalue weighted by Gasteiger charge is -2.19. The van der Waals surface area contributed by atoms with E-state index >= 15 is 0 Å². The minimum atomic E-state index is -4.33. The van der Waals surface area contributed by atoms with E-state index in [4.69, 9.17) is 10.5 Å². The molecule has 1 atom stereocenters. The normalized spacial score (nSPS) is 24.4. The molecule has 6 heteroatoms. The molecule has 0 fully saturated rings. The van der Waals surface area contributed by atoms with Crippen molar-refractivity contribution >= 4 is 6.02 Å². The smallest absolute Gasteiger partial charge is 0.416 e. The Hall–Kier alpha value is -1.72. The third kappa shape index (κ3) is 2.20. The Morgan fingerprint density at radius 1 is 1.29 bits per heavy atom. The second kappa shape index (κ2) is 3.65. The van der Waals surface area contributed by atoms with Crippen LogP contribution >= 0.6 is 0 Å². The van der Waals surface area contributed by atoms with Crippen molar-refractivity contribution in [2.75, 3.05) is 6.61 Å². The number of rotatable bonds is 1. The topological polar surface area (TPSA) is 47.6 Å². The molecule has 1 aliphatic rings. The van der Waals surface area contributed by atoms with Crippen LogP contribution in [-0.2, 0) is 16.5 Å². The van der Waals surface area contributed by atoms with E-state index in [9.17, 15) is 13.2 Å².